The van der Waals surface area contributed by atoms with Crippen molar-refractivity contribution in [2.75, 3.05) is 14.2 Å². The Kier molecular flexibility index (Phi) is 4.55. The molecule has 2 rings (SSSR count). The van der Waals surface area contributed by atoms with Crippen molar-refractivity contribution in [2.24, 2.45) is 0 Å². The minimum atomic E-state index is -1.22. The second-order valence-corrected chi connectivity index (χ2v) is 5.11. The number of aryl methyl sites for hydroxylation is 1. The third-order valence-electron chi connectivity index (χ3n) is 3.72. The third-order valence-corrected chi connectivity index (χ3v) is 3.72. The number of aliphatic hydroxyl groups is 1. The average molecular weight is 327 g/mol. The van der Waals surface area contributed by atoms with E-state index in [-0.39, 0.29) is 12.0 Å². The monoisotopic (exact) mass is 327 g/mol. The van der Waals surface area contributed by atoms with Crippen molar-refractivity contribution in [1.82, 2.24) is 14.5 Å². The molecule has 2 heterocycles. The van der Waals surface area contributed by atoms with E-state index in [0.29, 0.717) is 0 Å². The molecule has 10 heteroatoms. The van der Waals surface area contributed by atoms with E-state index in [0.717, 1.165) is 23.7 Å². The molecule has 1 fully saturated rings. The number of nitrogens with zero attached hydrogens (tertiary/aromatic N) is 2. The lowest BCUT2D eigenvalue weighted by molar-refractivity contribution is -0.146. The topological polar surface area (TPSA) is 131 Å². The number of H-pyrrole nitrogens is 1. The maximum absolute atomic E-state index is 12.0. The second-order valence-electron chi connectivity index (χ2n) is 5.11. The van der Waals surface area contributed by atoms with Gasteiger partial charge in [0.05, 0.1) is 20.3 Å². The van der Waals surface area contributed by atoms with Gasteiger partial charge < -0.3 is 14.6 Å². The number of nitrogens with one attached hydrogen (secondary N) is 1. The predicted octanol–water partition coefficient (Wildman–Crippen LogP) is -1.28. The van der Waals surface area contributed by atoms with Crippen LogP contribution in [0, 0.1) is 6.92 Å². The van der Waals surface area contributed by atoms with Crippen LogP contribution in [0.25, 0.3) is 0 Å². The lowest BCUT2D eigenvalue weighted by atomic mass is 10.2. The fraction of sp³-hybridized carbons (Fsp3) is 0.538. The Balaban J connectivity index is 2.57. The van der Waals surface area contributed by atoms with Gasteiger partial charge in [-0.2, -0.15) is 0 Å². The molecule has 1 aliphatic rings. The lowest BCUT2D eigenvalue weighted by Crippen LogP contribution is -2.47. The van der Waals surface area contributed by atoms with Crippen molar-refractivity contribution in [3.63, 3.8) is 0 Å². The number of methoxy groups -OCH3 is 2. The van der Waals surface area contributed by atoms with E-state index in [9.17, 15) is 24.3 Å². The molecule has 3 atom stereocenters. The van der Waals surface area contributed by atoms with Crippen molar-refractivity contribution >= 4 is 12.1 Å². The highest BCUT2D eigenvalue weighted by atomic mass is 16.5. The van der Waals surface area contributed by atoms with Crippen LogP contribution < -0.4 is 11.2 Å². The van der Waals surface area contributed by atoms with Crippen LogP contribution in [-0.4, -0.2) is 58.0 Å². The number of hydrogen-bond donors (Lipinski definition) is 2. The highest BCUT2D eigenvalue weighted by Crippen LogP contribution is 2.33. The number of hydrogen-bond acceptors (Lipinski definition) is 7. The summed E-state index contributed by atoms with van der Waals surface area (Å²) < 4.78 is 10.2. The number of amides is 1. The molecule has 1 saturated heterocycles. The first-order chi connectivity index (χ1) is 10.8. The molecule has 0 aliphatic carbocycles. The Hall–Kier alpha value is -2.62. The van der Waals surface area contributed by atoms with Crippen LogP contribution in [0.5, 0.6) is 0 Å². The summed E-state index contributed by atoms with van der Waals surface area (Å²) >= 11 is 0. The zero-order valence-corrected chi connectivity index (χ0v) is 12.8. The lowest BCUT2D eigenvalue weighted by Gasteiger charge is -2.29. The Morgan fingerprint density at radius 2 is 1.96 bits per heavy atom. The van der Waals surface area contributed by atoms with Crippen molar-refractivity contribution in [1.29, 1.82) is 0 Å². The molecule has 10 nitrogen and oxygen atoms in total. The van der Waals surface area contributed by atoms with Crippen LogP contribution in [0.3, 0.4) is 0 Å². The van der Waals surface area contributed by atoms with Gasteiger partial charge in [-0.05, 0) is 6.92 Å². The van der Waals surface area contributed by atoms with E-state index in [1.54, 1.807) is 0 Å². The maximum Gasteiger partial charge on any atom is 0.412 e. The maximum atomic E-state index is 12.0. The zero-order valence-electron chi connectivity index (χ0n) is 12.8. The van der Waals surface area contributed by atoms with Gasteiger partial charge in [0.2, 0.25) is 0 Å². The molecule has 0 radical (unpaired) electrons. The second kappa shape index (κ2) is 6.24. The van der Waals surface area contributed by atoms with Gasteiger partial charge in [-0.3, -0.25) is 19.2 Å². The summed E-state index contributed by atoms with van der Waals surface area (Å²) in [5.41, 5.74) is -1.18. The molecule has 0 saturated carbocycles. The largest absolute Gasteiger partial charge is 0.467 e. The van der Waals surface area contributed by atoms with Crippen LogP contribution in [0.1, 0.15) is 18.2 Å². The number of likely N-dealkylation sites (tertiary alicyclic amines) is 1. The zero-order chi connectivity index (χ0) is 17.3. The van der Waals surface area contributed by atoms with Crippen LogP contribution in [0.4, 0.5) is 4.79 Å². The number of rotatable bonds is 2. The first-order valence-corrected chi connectivity index (χ1v) is 6.76. The number of ether oxygens (including phenoxy) is 2. The minimum absolute atomic E-state index is 0.128. The molecule has 0 unspecified atom stereocenters. The Bertz CT molecular complexity index is 738. The summed E-state index contributed by atoms with van der Waals surface area (Å²) in [4.78, 5) is 50.4. The summed E-state index contributed by atoms with van der Waals surface area (Å²) in [7, 11) is 2.26. The van der Waals surface area contributed by atoms with Gasteiger partial charge in [0.25, 0.3) is 5.56 Å². The quantitative estimate of drug-likeness (QED) is 0.647. The number of esters is 1. The van der Waals surface area contributed by atoms with Gasteiger partial charge in [-0.1, -0.05) is 0 Å². The minimum Gasteiger partial charge on any atom is -0.467 e. The van der Waals surface area contributed by atoms with Gasteiger partial charge in [-0.25, -0.2) is 14.4 Å². The van der Waals surface area contributed by atoms with E-state index >= 15 is 0 Å². The third kappa shape index (κ3) is 2.84. The van der Waals surface area contributed by atoms with E-state index in [1.165, 1.54) is 13.1 Å². The highest BCUT2D eigenvalue weighted by Gasteiger charge is 2.49. The van der Waals surface area contributed by atoms with Crippen LogP contribution in [-0.2, 0) is 14.3 Å². The normalized spacial score (nSPS) is 23.7. The number of carbonyl (C=O) groups excluding carboxylic acids is 2. The molecule has 23 heavy (non-hydrogen) atoms. The van der Waals surface area contributed by atoms with E-state index in [1.807, 2.05) is 0 Å². The van der Waals surface area contributed by atoms with Crippen molar-refractivity contribution in [3.05, 3.63) is 32.6 Å². The summed E-state index contributed by atoms with van der Waals surface area (Å²) in [6.45, 7) is 1.47. The van der Waals surface area contributed by atoms with Crippen LogP contribution >= 0.6 is 0 Å². The molecular formula is C13H17N3O7. The fourth-order valence-electron chi connectivity index (χ4n) is 2.62. The van der Waals surface area contributed by atoms with Gasteiger partial charge >= 0.3 is 17.8 Å². The Morgan fingerprint density at radius 1 is 1.30 bits per heavy atom. The molecular weight excluding hydrogens is 310 g/mol. The summed E-state index contributed by atoms with van der Waals surface area (Å²) in [6, 6.07) is -1.11. The molecule has 0 bridgehead atoms. The Morgan fingerprint density at radius 3 is 2.52 bits per heavy atom. The van der Waals surface area contributed by atoms with Crippen molar-refractivity contribution < 1.29 is 24.2 Å². The number of aliphatic hydroxyl groups excluding tert-OH is 1. The van der Waals surface area contributed by atoms with E-state index < -0.39 is 41.6 Å². The molecule has 126 valence electrons. The number of aromatic amines is 1. The molecule has 2 N–H and O–H groups in total. The summed E-state index contributed by atoms with van der Waals surface area (Å²) in [5.74, 6) is -0.744. The first kappa shape index (κ1) is 16.7. The van der Waals surface area contributed by atoms with Gasteiger partial charge in [0, 0.05) is 18.2 Å². The van der Waals surface area contributed by atoms with Gasteiger partial charge in [-0.15, -0.1) is 0 Å². The van der Waals surface area contributed by atoms with Gasteiger partial charge in [0.15, 0.2) is 0 Å². The highest BCUT2D eigenvalue weighted by molar-refractivity contribution is 5.82. The smallest absolute Gasteiger partial charge is 0.412 e. The predicted molar refractivity (Wildman–Crippen MR) is 75.8 cm³/mol. The first-order valence-electron chi connectivity index (χ1n) is 6.76. The van der Waals surface area contributed by atoms with Gasteiger partial charge in [0.1, 0.15) is 12.2 Å². The number of carbonyl (C=O) groups is 2. The van der Waals surface area contributed by atoms with E-state index in [2.05, 4.69) is 14.5 Å². The van der Waals surface area contributed by atoms with Crippen molar-refractivity contribution in [2.45, 2.75) is 31.7 Å². The van der Waals surface area contributed by atoms with E-state index in [4.69, 9.17) is 0 Å². The van der Waals surface area contributed by atoms with Crippen LogP contribution in [0.2, 0.25) is 0 Å². The molecule has 1 aromatic rings. The summed E-state index contributed by atoms with van der Waals surface area (Å²) in [5, 5.41) is 10.2. The summed E-state index contributed by atoms with van der Waals surface area (Å²) in [6.07, 6.45) is -2.24. The molecule has 1 aromatic heterocycles. The fourth-order valence-corrected chi connectivity index (χ4v) is 2.62. The molecule has 0 aromatic carbocycles. The standard InChI is InChI=1S/C13H17N3O7/c1-6-5-15(12(20)14-9(6)18)10-8(17)4-7(11(19)22-2)16(10)13(21)23-3/h5,7-8,10,17H,4H2,1-3H3,(H,14,18,20)/t7-,8+,10+/m0/s1. The molecule has 1 amide bonds. The molecule has 0 spiro atoms. The molecule has 1 aliphatic heterocycles. The number of aromatic nitrogens is 2. The van der Waals surface area contributed by atoms with Crippen LogP contribution in [0.15, 0.2) is 15.8 Å². The van der Waals surface area contributed by atoms with Crippen molar-refractivity contribution in [3.8, 4) is 0 Å². The Labute approximate surface area is 130 Å². The SMILES string of the molecule is COC(=O)[C@@H]1C[C@@H](O)[C@H](n2cc(C)c(=O)[nH]c2=O)N1C(=O)OC. The average Bonchev–Trinajstić information content (AvgIpc) is 2.86.